The summed E-state index contributed by atoms with van der Waals surface area (Å²) in [5.41, 5.74) is 4.24. The Hall–Kier alpha value is -2.79. The van der Waals surface area contributed by atoms with Crippen LogP contribution in [0.15, 0.2) is 59.8 Å². The van der Waals surface area contributed by atoms with Crippen molar-refractivity contribution < 1.29 is 9.59 Å². The average Bonchev–Trinajstić information content (AvgIpc) is 3.03. The summed E-state index contributed by atoms with van der Waals surface area (Å²) in [5, 5.41) is 3.55. The molecule has 0 fully saturated rings. The minimum absolute atomic E-state index is 0.0824. The monoisotopic (exact) mass is 381 g/mol. The predicted molar refractivity (Wildman–Crippen MR) is 106 cm³/mol. The number of hydrogen-bond donors (Lipinski definition) is 1. The molecule has 4 rings (SSSR count). The molecule has 3 amide bonds. The van der Waals surface area contributed by atoms with E-state index in [1.807, 2.05) is 36.4 Å². The van der Waals surface area contributed by atoms with Crippen LogP contribution in [0.25, 0.3) is 0 Å². The second-order valence-corrected chi connectivity index (χ2v) is 7.20. The van der Waals surface area contributed by atoms with Gasteiger partial charge in [-0.1, -0.05) is 42.8 Å². The summed E-state index contributed by atoms with van der Waals surface area (Å²) in [5.74, 6) is -0.0824. The number of carbonyl (C=O) groups is 2. The van der Waals surface area contributed by atoms with Gasteiger partial charge in [-0.25, -0.2) is 4.79 Å². The van der Waals surface area contributed by atoms with Gasteiger partial charge in [-0.2, -0.15) is 0 Å². The number of rotatable bonds is 3. The number of anilines is 1. The number of likely N-dealkylation sites (N-methyl/N-ethyl adjacent to an activating group) is 1. The molecule has 1 N–H and O–H groups in total. The Morgan fingerprint density at radius 1 is 1.07 bits per heavy atom. The zero-order chi connectivity index (χ0) is 19.1. The smallest absolute Gasteiger partial charge is 0.322 e. The van der Waals surface area contributed by atoms with Crippen molar-refractivity contribution in [1.29, 1.82) is 0 Å². The summed E-state index contributed by atoms with van der Waals surface area (Å²) >= 11 is 5.99. The van der Waals surface area contributed by atoms with Gasteiger partial charge in [-0.3, -0.25) is 9.69 Å². The van der Waals surface area contributed by atoms with E-state index in [1.165, 1.54) is 10.5 Å². The van der Waals surface area contributed by atoms with Crippen molar-refractivity contribution in [3.8, 4) is 0 Å². The lowest BCUT2D eigenvalue weighted by atomic mass is 9.96. The number of aryl methyl sites for hydroxylation is 1. The zero-order valence-corrected chi connectivity index (χ0v) is 16.0. The van der Waals surface area contributed by atoms with Crippen LogP contribution in [0.3, 0.4) is 0 Å². The molecule has 0 aromatic heterocycles. The second kappa shape index (κ2) is 6.74. The molecule has 5 nitrogen and oxygen atoms in total. The standard InChI is InChI=1S/C21H20ClN3O2/c1-3-13-4-10-16(11-5-13)25-12-17-18(20(25)26)19(23-21(27)24(17)2)14-6-8-15(22)9-7-14/h4-11,19H,3,12H2,1-2H3,(H,23,27)/t19-/m0/s1. The Bertz CT molecular complexity index is 935. The number of amides is 3. The van der Waals surface area contributed by atoms with E-state index in [0.29, 0.717) is 17.1 Å². The lowest BCUT2D eigenvalue weighted by Gasteiger charge is -2.31. The fraction of sp³-hybridized carbons (Fsp3) is 0.238. The van der Waals surface area contributed by atoms with Crippen molar-refractivity contribution in [3.05, 3.63) is 76.0 Å². The first kappa shape index (κ1) is 17.6. The highest BCUT2D eigenvalue weighted by atomic mass is 35.5. The number of carbonyl (C=O) groups excluding carboxylic acids is 2. The largest absolute Gasteiger partial charge is 0.327 e. The summed E-state index contributed by atoms with van der Waals surface area (Å²) in [7, 11) is 1.69. The van der Waals surface area contributed by atoms with Crippen LogP contribution in [-0.2, 0) is 11.2 Å². The molecule has 1 atom stereocenters. The van der Waals surface area contributed by atoms with Crippen LogP contribution in [0.4, 0.5) is 10.5 Å². The lowest BCUT2D eigenvalue weighted by molar-refractivity contribution is -0.114. The molecule has 6 heteroatoms. The summed E-state index contributed by atoms with van der Waals surface area (Å²) < 4.78 is 0. The first-order valence-electron chi connectivity index (χ1n) is 8.93. The number of halogens is 1. The van der Waals surface area contributed by atoms with Crippen LogP contribution in [0, 0.1) is 0 Å². The van der Waals surface area contributed by atoms with Gasteiger partial charge in [0.2, 0.25) is 0 Å². The van der Waals surface area contributed by atoms with Crippen LogP contribution in [0.1, 0.15) is 24.1 Å². The lowest BCUT2D eigenvalue weighted by Crippen LogP contribution is -2.45. The Morgan fingerprint density at radius 2 is 1.74 bits per heavy atom. The zero-order valence-electron chi connectivity index (χ0n) is 15.2. The van der Waals surface area contributed by atoms with Crippen LogP contribution in [0.2, 0.25) is 5.02 Å². The van der Waals surface area contributed by atoms with Gasteiger partial charge in [-0.05, 0) is 41.8 Å². The van der Waals surface area contributed by atoms with E-state index in [2.05, 4.69) is 12.2 Å². The molecule has 0 saturated carbocycles. The molecule has 0 unspecified atom stereocenters. The fourth-order valence-electron chi connectivity index (χ4n) is 3.59. The predicted octanol–water partition coefficient (Wildman–Crippen LogP) is 3.90. The Morgan fingerprint density at radius 3 is 2.37 bits per heavy atom. The van der Waals surface area contributed by atoms with E-state index in [9.17, 15) is 9.59 Å². The Kier molecular flexibility index (Phi) is 4.40. The molecule has 2 heterocycles. The maximum Gasteiger partial charge on any atom is 0.322 e. The van der Waals surface area contributed by atoms with Crippen LogP contribution in [0.5, 0.6) is 0 Å². The summed E-state index contributed by atoms with van der Waals surface area (Å²) in [6.07, 6.45) is 0.947. The number of benzene rings is 2. The van der Waals surface area contributed by atoms with Gasteiger partial charge >= 0.3 is 6.03 Å². The van der Waals surface area contributed by atoms with Gasteiger partial charge in [0.15, 0.2) is 0 Å². The van der Waals surface area contributed by atoms with Crippen molar-refractivity contribution in [2.45, 2.75) is 19.4 Å². The van der Waals surface area contributed by atoms with Crippen LogP contribution in [-0.4, -0.2) is 30.4 Å². The first-order valence-corrected chi connectivity index (χ1v) is 9.31. The molecular weight excluding hydrogens is 362 g/mol. The molecule has 0 aliphatic carbocycles. The molecule has 2 aromatic rings. The van der Waals surface area contributed by atoms with E-state index in [-0.39, 0.29) is 11.9 Å². The average molecular weight is 382 g/mol. The van der Waals surface area contributed by atoms with Crippen molar-refractivity contribution >= 4 is 29.2 Å². The summed E-state index contributed by atoms with van der Waals surface area (Å²) in [6.45, 7) is 2.48. The maximum atomic E-state index is 13.3. The fourth-order valence-corrected chi connectivity index (χ4v) is 3.72. The third-order valence-corrected chi connectivity index (χ3v) is 5.47. The molecule has 0 radical (unpaired) electrons. The van der Waals surface area contributed by atoms with Gasteiger partial charge < -0.3 is 10.2 Å². The summed E-state index contributed by atoms with van der Waals surface area (Å²) in [6, 6.07) is 14.5. The van der Waals surface area contributed by atoms with E-state index in [1.54, 1.807) is 24.1 Å². The van der Waals surface area contributed by atoms with E-state index < -0.39 is 6.04 Å². The molecule has 27 heavy (non-hydrogen) atoms. The minimum Gasteiger partial charge on any atom is -0.327 e. The number of hydrogen-bond acceptors (Lipinski definition) is 2. The highest BCUT2D eigenvalue weighted by molar-refractivity contribution is 6.30. The topological polar surface area (TPSA) is 52.7 Å². The maximum absolute atomic E-state index is 13.3. The second-order valence-electron chi connectivity index (χ2n) is 6.76. The van der Waals surface area contributed by atoms with Gasteiger partial charge in [0.1, 0.15) is 0 Å². The highest BCUT2D eigenvalue weighted by Crippen LogP contribution is 2.37. The van der Waals surface area contributed by atoms with Crippen molar-refractivity contribution in [1.82, 2.24) is 10.2 Å². The molecule has 0 saturated heterocycles. The minimum atomic E-state index is -0.478. The first-order chi connectivity index (χ1) is 13.0. The van der Waals surface area contributed by atoms with E-state index in [4.69, 9.17) is 11.6 Å². The number of nitrogens with one attached hydrogen (secondary N) is 1. The van der Waals surface area contributed by atoms with Crippen molar-refractivity contribution in [2.24, 2.45) is 0 Å². The van der Waals surface area contributed by atoms with Crippen molar-refractivity contribution in [3.63, 3.8) is 0 Å². The van der Waals surface area contributed by atoms with E-state index in [0.717, 1.165) is 23.4 Å². The third-order valence-electron chi connectivity index (χ3n) is 5.22. The van der Waals surface area contributed by atoms with Crippen molar-refractivity contribution in [2.75, 3.05) is 18.5 Å². The van der Waals surface area contributed by atoms with Gasteiger partial charge in [0, 0.05) is 17.8 Å². The molecular formula is C21H20ClN3O2. The summed E-state index contributed by atoms with van der Waals surface area (Å²) in [4.78, 5) is 29.0. The molecule has 0 bridgehead atoms. The van der Waals surface area contributed by atoms with Crippen LogP contribution < -0.4 is 10.2 Å². The SMILES string of the molecule is CCc1ccc(N2CC3=C(C2=O)[C@H](c2ccc(Cl)cc2)NC(=O)N3C)cc1. The number of urea groups is 1. The normalized spacial score (nSPS) is 19.4. The van der Waals surface area contributed by atoms with Gasteiger partial charge in [0.05, 0.1) is 23.9 Å². The van der Waals surface area contributed by atoms with E-state index >= 15 is 0 Å². The molecule has 2 aliphatic heterocycles. The molecule has 0 spiro atoms. The number of nitrogens with zero attached hydrogens (tertiary/aromatic N) is 2. The Labute approximate surface area is 163 Å². The highest BCUT2D eigenvalue weighted by Gasteiger charge is 2.43. The molecule has 138 valence electrons. The molecule has 2 aromatic carbocycles. The van der Waals surface area contributed by atoms with Crippen LogP contribution >= 0.6 is 11.6 Å². The quantitative estimate of drug-likeness (QED) is 0.876. The molecule has 2 aliphatic rings. The van der Waals surface area contributed by atoms with Gasteiger partial charge in [0.25, 0.3) is 5.91 Å². The third kappa shape index (κ3) is 2.98. The van der Waals surface area contributed by atoms with Gasteiger partial charge in [-0.15, -0.1) is 0 Å². The Balaban J connectivity index is 1.72.